The Morgan fingerprint density at radius 2 is 1.89 bits per heavy atom. The Bertz CT molecular complexity index is 1420. The van der Waals surface area contributed by atoms with E-state index in [0.717, 1.165) is 37.1 Å². The van der Waals surface area contributed by atoms with Crippen LogP contribution in [0.1, 0.15) is 35.9 Å². The van der Waals surface area contributed by atoms with E-state index in [9.17, 15) is 9.59 Å². The first kappa shape index (κ1) is 23.6. The van der Waals surface area contributed by atoms with Crippen molar-refractivity contribution in [3.8, 4) is 11.1 Å². The minimum Gasteiger partial charge on any atom is -0.324 e. The van der Waals surface area contributed by atoms with Crippen molar-refractivity contribution in [2.45, 2.75) is 26.7 Å². The number of piperidine rings is 1. The molecule has 4 aromatic rings. The summed E-state index contributed by atoms with van der Waals surface area (Å²) in [6.07, 6.45) is 9.28. The molecule has 0 aromatic carbocycles. The van der Waals surface area contributed by atoms with Crippen LogP contribution in [0.5, 0.6) is 0 Å². The number of aryl methyl sites for hydroxylation is 2. The van der Waals surface area contributed by atoms with Crippen molar-refractivity contribution in [2.24, 2.45) is 13.0 Å². The van der Waals surface area contributed by atoms with Gasteiger partial charge in [-0.05, 0) is 50.9 Å². The summed E-state index contributed by atoms with van der Waals surface area (Å²) < 4.78 is 3.29. The van der Waals surface area contributed by atoms with E-state index in [4.69, 9.17) is 0 Å². The van der Waals surface area contributed by atoms with Gasteiger partial charge in [0.15, 0.2) is 5.69 Å². The topological polar surface area (TPSA) is 122 Å². The van der Waals surface area contributed by atoms with Gasteiger partial charge in [0.2, 0.25) is 5.91 Å². The highest BCUT2D eigenvalue weighted by molar-refractivity contribution is 6.08. The summed E-state index contributed by atoms with van der Waals surface area (Å²) in [6, 6.07) is 5.42. The van der Waals surface area contributed by atoms with Gasteiger partial charge < -0.3 is 10.6 Å². The molecule has 1 saturated heterocycles. The molecule has 0 atom stereocenters. The van der Waals surface area contributed by atoms with Crippen LogP contribution in [0.3, 0.4) is 0 Å². The summed E-state index contributed by atoms with van der Waals surface area (Å²) >= 11 is 0. The van der Waals surface area contributed by atoms with Gasteiger partial charge in [0.05, 0.1) is 41.5 Å². The average Bonchev–Trinajstić information content (AvgIpc) is 3.48. The zero-order valence-electron chi connectivity index (χ0n) is 20.6. The predicted octanol–water partition coefficient (Wildman–Crippen LogP) is 2.76. The number of anilines is 2. The second-order valence-electron chi connectivity index (χ2n) is 9.41. The monoisotopic (exact) mass is 487 g/mol. The average molecular weight is 488 g/mol. The Morgan fingerprint density at radius 1 is 1.08 bits per heavy atom. The van der Waals surface area contributed by atoms with E-state index in [1.54, 1.807) is 40.6 Å². The standard InChI is InChI=1S/C25H29N9O2/c1-16-6-8-33(9-7-16)15-23(35)28-20-10-21(17(2)26-12-20)29-25(36)24-22-5-4-18(14-34(22)31-30-24)19-11-27-32(3)13-19/h4-5,10-14,16H,6-9,15H2,1-3H3,(H,28,35)(H,29,36). The lowest BCUT2D eigenvalue weighted by atomic mass is 9.99. The number of likely N-dealkylation sites (tertiary alicyclic amines) is 1. The van der Waals surface area contributed by atoms with Crippen molar-refractivity contribution in [1.29, 1.82) is 0 Å². The molecule has 5 heterocycles. The zero-order valence-corrected chi connectivity index (χ0v) is 20.6. The maximum absolute atomic E-state index is 13.1. The third-order valence-electron chi connectivity index (χ3n) is 6.53. The number of nitrogens with zero attached hydrogens (tertiary/aromatic N) is 7. The van der Waals surface area contributed by atoms with Crippen molar-refractivity contribution < 1.29 is 9.59 Å². The van der Waals surface area contributed by atoms with Crippen molar-refractivity contribution in [3.05, 3.63) is 54.4 Å². The van der Waals surface area contributed by atoms with Gasteiger partial charge in [-0.1, -0.05) is 18.2 Å². The third-order valence-corrected chi connectivity index (χ3v) is 6.53. The van der Waals surface area contributed by atoms with Gasteiger partial charge in [-0.3, -0.25) is 24.2 Å². The first-order valence-electron chi connectivity index (χ1n) is 12.0. The van der Waals surface area contributed by atoms with Crippen LogP contribution in [0, 0.1) is 12.8 Å². The van der Waals surface area contributed by atoms with Crippen LogP contribution in [0.2, 0.25) is 0 Å². The summed E-state index contributed by atoms with van der Waals surface area (Å²) in [5.74, 6) is 0.207. The van der Waals surface area contributed by atoms with Gasteiger partial charge >= 0.3 is 0 Å². The van der Waals surface area contributed by atoms with Crippen LogP contribution in [0.25, 0.3) is 16.6 Å². The molecule has 5 rings (SSSR count). The lowest BCUT2D eigenvalue weighted by Gasteiger charge is -2.29. The molecule has 0 radical (unpaired) electrons. The molecule has 11 nitrogen and oxygen atoms in total. The summed E-state index contributed by atoms with van der Waals surface area (Å²) in [5, 5.41) is 18.2. The van der Waals surface area contributed by atoms with E-state index in [-0.39, 0.29) is 11.6 Å². The van der Waals surface area contributed by atoms with E-state index in [1.165, 1.54) is 0 Å². The van der Waals surface area contributed by atoms with Crippen LogP contribution < -0.4 is 10.6 Å². The molecule has 2 amide bonds. The van der Waals surface area contributed by atoms with Gasteiger partial charge in [0.1, 0.15) is 0 Å². The van der Waals surface area contributed by atoms with Crippen LogP contribution in [-0.4, -0.2) is 65.9 Å². The molecule has 0 saturated carbocycles. The lowest BCUT2D eigenvalue weighted by molar-refractivity contribution is -0.117. The first-order chi connectivity index (χ1) is 17.4. The minimum absolute atomic E-state index is 0.0961. The third kappa shape index (κ3) is 5.10. The highest BCUT2D eigenvalue weighted by Gasteiger charge is 2.19. The van der Waals surface area contributed by atoms with Gasteiger partial charge in [0, 0.05) is 30.6 Å². The van der Waals surface area contributed by atoms with Gasteiger partial charge in [-0.25, -0.2) is 4.52 Å². The summed E-state index contributed by atoms with van der Waals surface area (Å²) in [5.41, 5.74) is 4.28. The molecule has 1 fully saturated rings. The fourth-order valence-electron chi connectivity index (χ4n) is 4.33. The fourth-order valence-corrected chi connectivity index (χ4v) is 4.33. The fraction of sp³-hybridized carbons (Fsp3) is 0.360. The SMILES string of the molecule is Cc1ncc(NC(=O)CN2CCC(C)CC2)cc1NC(=O)c1nnn2cc(-c3cnn(C)c3)ccc12. The molecule has 186 valence electrons. The highest BCUT2D eigenvalue weighted by Crippen LogP contribution is 2.22. The number of hydrogen-bond acceptors (Lipinski definition) is 7. The molecule has 36 heavy (non-hydrogen) atoms. The van der Waals surface area contributed by atoms with Crippen LogP contribution in [0.4, 0.5) is 11.4 Å². The molecule has 11 heteroatoms. The summed E-state index contributed by atoms with van der Waals surface area (Å²) in [6.45, 7) is 6.24. The highest BCUT2D eigenvalue weighted by atomic mass is 16.2. The Morgan fingerprint density at radius 3 is 2.64 bits per heavy atom. The number of carbonyl (C=O) groups is 2. The molecule has 1 aliphatic heterocycles. The number of carbonyl (C=O) groups excluding carboxylic acids is 2. The number of fused-ring (bicyclic) bond motifs is 1. The van der Waals surface area contributed by atoms with Gasteiger partial charge in [0.25, 0.3) is 5.91 Å². The quantitative estimate of drug-likeness (QED) is 0.429. The van der Waals surface area contributed by atoms with Gasteiger partial charge in [-0.15, -0.1) is 5.10 Å². The molecular formula is C25H29N9O2. The Labute approximate surface area is 208 Å². The number of aromatic nitrogens is 6. The predicted molar refractivity (Wildman–Crippen MR) is 136 cm³/mol. The summed E-state index contributed by atoms with van der Waals surface area (Å²) in [7, 11) is 1.85. The molecule has 0 aliphatic carbocycles. The van der Waals surface area contributed by atoms with E-state index >= 15 is 0 Å². The number of hydrogen-bond donors (Lipinski definition) is 2. The molecule has 0 unspecified atom stereocenters. The molecule has 0 bridgehead atoms. The molecule has 4 aromatic heterocycles. The van der Waals surface area contributed by atoms with Crippen molar-refractivity contribution in [2.75, 3.05) is 30.3 Å². The normalized spacial score (nSPS) is 14.8. The summed E-state index contributed by atoms with van der Waals surface area (Å²) in [4.78, 5) is 32.1. The van der Waals surface area contributed by atoms with Crippen molar-refractivity contribution in [1.82, 2.24) is 34.5 Å². The second-order valence-corrected chi connectivity index (χ2v) is 9.41. The number of amides is 2. The number of rotatable bonds is 6. The zero-order chi connectivity index (χ0) is 25.2. The van der Waals surface area contributed by atoms with Crippen LogP contribution in [-0.2, 0) is 11.8 Å². The van der Waals surface area contributed by atoms with E-state index < -0.39 is 5.91 Å². The maximum Gasteiger partial charge on any atom is 0.278 e. The van der Waals surface area contributed by atoms with Gasteiger partial charge in [-0.2, -0.15) is 5.10 Å². The largest absolute Gasteiger partial charge is 0.324 e. The van der Waals surface area contributed by atoms with E-state index in [2.05, 4.69) is 42.9 Å². The van der Waals surface area contributed by atoms with Crippen LogP contribution >= 0.6 is 0 Å². The molecule has 1 aliphatic rings. The lowest BCUT2D eigenvalue weighted by Crippen LogP contribution is -2.38. The van der Waals surface area contributed by atoms with E-state index in [1.807, 2.05) is 25.5 Å². The van der Waals surface area contributed by atoms with Crippen molar-refractivity contribution >= 4 is 28.7 Å². The first-order valence-corrected chi connectivity index (χ1v) is 12.0. The molecule has 0 spiro atoms. The Kier molecular flexibility index (Phi) is 6.47. The number of nitrogens with one attached hydrogen (secondary N) is 2. The number of pyridine rings is 2. The maximum atomic E-state index is 13.1. The Balaban J connectivity index is 1.27. The van der Waals surface area contributed by atoms with Crippen molar-refractivity contribution in [3.63, 3.8) is 0 Å². The second kappa shape index (κ2) is 9.86. The smallest absolute Gasteiger partial charge is 0.278 e. The molecule has 2 N–H and O–H groups in total. The molecular weight excluding hydrogens is 458 g/mol. The van der Waals surface area contributed by atoms with Crippen LogP contribution in [0.15, 0.2) is 43.0 Å². The van der Waals surface area contributed by atoms with E-state index in [0.29, 0.717) is 35.0 Å². The minimum atomic E-state index is -0.407. The Hall–Kier alpha value is -4.12.